The van der Waals surface area contributed by atoms with Crippen LogP contribution in [0.5, 0.6) is 0 Å². The van der Waals surface area contributed by atoms with E-state index in [-0.39, 0.29) is 5.41 Å². The Bertz CT molecular complexity index is 801. The average Bonchev–Trinajstić information content (AvgIpc) is 3.40. The molecule has 2 aliphatic rings. The molecule has 2 heterocycles. The van der Waals surface area contributed by atoms with Crippen LogP contribution in [0.4, 0.5) is 0 Å². The zero-order valence-corrected chi connectivity index (χ0v) is 16.9. The fourth-order valence-corrected chi connectivity index (χ4v) is 4.30. The highest BCUT2D eigenvalue weighted by molar-refractivity contribution is 9.10. The van der Waals surface area contributed by atoms with Gasteiger partial charge in [0.1, 0.15) is 5.76 Å². The number of amides is 1. The van der Waals surface area contributed by atoms with Crippen molar-refractivity contribution < 1.29 is 9.32 Å². The van der Waals surface area contributed by atoms with Crippen molar-refractivity contribution in [2.75, 3.05) is 26.2 Å². The molecule has 5 nitrogen and oxygen atoms in total. The van der Waals surface area contributed by atoms with Gasteiger partial charge < -0.3 is 9.42 Å². The van der Waals surface area contributed by atoms with Gasteiger partial charge >= 0.3 is 0 Å². The first kappa shape index (κ1) is 17.7. The van der Waals surface area contributed by atoms with Gasteiger partial charge in [-0.25, -0.2) is 0 Å². The summed E-state index contributed by atoms with van der Waals surface area (Å²) >= 11 is 3.53. The Labute approximate surface area is 162 Å². The molecule has 26 heavy (non-hydrogen) atoms. The quantitative estimate of drug-likeness (QED) is 0.764. The van der Waals surface area contributed by atoms with Gasteiger partial charge in [0.25, 0.3) is 0 Å². The van der Waals surface area contributed by atoms with E-state index in [2.05, 4.69) is 43.0 Å². The minimum atomic E-state index is -0.284. The van der Waals surface area contributed by atoms with Crippen LogP contribution in [-0.2, 0) is 16.8 Å². The molecule has 1 aliphatic heterocycles. The third kappa shape index (κ3) is 3.21. The standard InChI is InChI=1S/C20H24BrN3O2/c1-14-18(15(2)26-22-14)13-23-8-10-24(11-9-23)19(25)20(6-7-20)16-4-3-5-17(21)12-16/h3-5,12H,6-11,13H2,1-2H3. The van der Waals surface area contributed by atoms with E-state index in [9.17, 15) is 4.79 Å². The fraction of sp³-hybridized carbons (Fsp3) is 0.500. The van der Waals surface area contributed by atoms with E-state index >= 15 is 0 Å². The third-order valence-electron chi connectivity index (χ3n) is 5.76. The van der Waals surface area contributed by atoms with Crippen LogP contribution in [0.1, 0.15) is 35.4 Å². The van der Waals surface area contributed by atoms with E-state index < -0.39 is 0 Å². The molecule has 2 aromatic rings. The summed E-state index contributed by atoms with van der Waals surface area (Å²) in [6.45, 7) is 8.16. The summed E-state index contributed by atoms with van der Waals surface area (Å²) in [6, 6.07) is 8.22. The lowest BCUT2D eigenvalue weighted by Crippen LogP contribution is -2.51. The molecular formula is C20H24BrN3O2. The van der Waals surface area contributed by atoms with Gasteiger partial charge in [0.15, 0.2) is 0 Å². The summed E-state index contributed by atoms with van der Waals surface area (Å²) < 4.78 is 6.30. The van der Waals surface area contributed by atoms with E-state index in [1.807, 2.05) is 26.0 Å². The lowest BCUT2D eigenvalue weighted by atomic mass is 9.94. The average molecular weight is 418 g/mol. The van der Waals surface area contributed by atoms with E-state index in [0.29, 0.717) is 5.91 Å². The number of nitrogens with zero attached hydrogens (tertiary/aromatic N) is 3. The number of piperazine rings is 1. The molecule has 0 spiro atoms. The maximum atomic E-state index is 13.2. The second-order valence-electron chi connectivity index (χ2n) is 7.46. The Morgan fingerprint density at radius 1 is 1.23 bits per heavy atom. The molecule has 2 fully saturated rings. The van der Waals surface area contributed by atoms with Crippen LogP contribution in [0, 0.1) is 13.8 Å². The third-order valence-corrected chi connectivity index (χ3v) is 6.25. The first-order valence-corrected chi connectivity index (χ1v) is 9.98. The van der Waals surface area contributed by atoms with Crippen molar-refractivity contribution in [3.8, 4) is 0 Å². The summed E-state index contributed by atoms with van der Waals surface area (Å²) in [5, 5.41) is 4.04. The molecule has 1 aliphatic carbocycles. The lowest BCUT2D eigenvalue weighted by molar-refractivity contribution is -0.135. The molecule has 1 aromatic carbocycles. The second-order valence-corrected chi connectivity index (χ2v) is 8.38. The number of carbonyl (C=O) groups excluding carboxylic acids is 1. The first-order valence-electron chi connectivity index (χ1n) is 9.19. The van der Waals surface area contributed by atoms with Crippen molar-refractivity contribution in [1.82, 2.24) is 15.0 Å². The SMILES string of the molecule is Cc1noc(C)c1CN1CCN(C(=O)C2(c3cccc(Br)c3)CC2)CC1. The molecule has 0 N–H and O–H groups in total. The van der Waals surface area contributed by atoms with Crippen molar-refractivity contribution in [2.24, 2.45) is 0 Å². The fourth-order valence-electron chi connectivity index (χ4n) is 3.90. The number of benzene rings is 1. The highest BCUT2D eigenvalue weighted by Gasteiger charge is 2.53. The molecular weight excluding hydrogens is 394 g/mol. The zero-order valence-electron chi connectivity index (χ0n) is 15.3. The topological polar surface area (TPSA) is 49.6 Å². The minimum Gasteiger partial charge on any atom is -0.361 e. The van der Waals surface area contributed by atoms with Crippen LogP contribution < -0.4 is 0 Å². The Hall–Kier alpha value is -1.66. The summed E-state index contributed by atoms with van der Waals surface area (Å²) in [7, 11) is 0. The summed E-state index contributed by atoms with van der Waals surface area (Å²) in [6.07, 6.45) is 1.92. The summed E-state index contributed by atoms with van der Waals surface area (Å²) in [4.78, 5) is 17.6. The monoisotopic (exact) mass is 417 g/mol. The van der Waals surface area contributed by atoms with Crippen molar-refractivity contribution in [3.63, 3.8) is 0 Å². The van der Waals surface area contributed by atoms with Gasteiger partial charge in [0.05, 0.1) is 11.1 Å². The predicted molar refractivity (Wildman–Crippen MR) is 103 cm³/mol. The van der Waals surface area contributed by atoms with Crippen molar-refractivity contribution in [1.29, 1.82) is 0 Å². The molecule has 1 aromatic heterocycles. The zero-order chi connectivity index (χ0) is 18.3. The number of carbonyl (C=O) groups is 1. The van der Waals surface area contributed by atoms with Crippen LogP contribution in [0.25, 0.3) is 0 Å². The van der Waals surface area contributed by atoms with Crippen LogP contribution in [0.2, 0.25) is 0 Å². The van der Waals surface area contributed by atoms with Crippen LogP contribution in [-0.4, -0.2) is 47.0 Å². The van der Waals surface area contributed by atoms with E-state index in [1.54, 1.807) is 0 Å². The van der Waals surface area contributed by atoms with Crippen LogP contribution in [0.15, 0.2) is 33.3 Å². The molecule has 0 bridgehead atoms. The van der Waals surface area contributed by atoms with Gasteiger partial charge in [-0.3, -0.25) is 9.69 Å². The van der Waals surface area contributed by atoms with Gasteiger partial charge in [-0.15, -0.1) is 0 Å². The van der Waals surface area contributed by atoms with Crippen molar-refractivity contribution >= 4 is 21.8 Å². The van der Waals surface area contributed by atoms with Gasteiger partial charge in [-0.1, -0.05) is 33.2 Å². The number of halogens is 1. The normalized spacial score (nSPS) is 19.6. The first-order chi connectivity index (χ1) is 12.5. The molecule has 1 saturated heterocycles. The number of aryl methyl sites for hydroxylation is 2. The van der Waals surface area contributed by atoms with E-state index in [4.69, 9.17) is 4.52 Å². The van der Waals surface area contributed by atoms with Crippen LogP contribution in [0.3, 0.4) is 0 Å². The summed E-state index contributed by atoms with van der Waals surface area (Å²) in [5.41, 5.74) is 3.01. The van der Waals surface area contributed by atoms with Gasteiger partial charge in [-0.2, -0.15) is 0 Å². The molecule has 6 heteroatoms. The van der Waals surface area contributed by atoms with Crippen molar-refractivity contribution in [3.05, 3.63) is 51.3 Å². The van der Waals surface area contributed by atoms with Gasteiger partial charge in [-0.05, 0) is 44.4 Å². The Balaban J connectivity index is 1.40. The van der Waals surface area contributed by atoms with E-state index in [1.165, 1.54) is 5.56 Å². The molecule has 4 rings (SSSR count). The number of aromatic nitrogens is 1. The number of hydrogen-bond acceptors (Lipinski definition) is 4. The highest BCUT2D eigenvalue weighted by Crippen LogP contribution is 2.50. The predicted octanol–water partition coefficient (Wildman–Crippen LogP) is 3.43. The lowest BCUT2D eigenvalue weighted by Gasteiger charge is -2.36. The maximum Gasteiger partial charge on any atom is 0.233 e. The minimum absolute atomic E-state index is 0.284. The Morgan fingerprint density at radius 3 is 2.54 bits per heavy atom. The highest BCUT2D eigenvalue weighted by atomic mass is 79.9. The van der Waals surface area contributed by atoms with Gasteiger partial charge in [0, 0.05) is 42.8 Å². The molecule has 138 valence electrons. The molecule has 1 amide bonds. The largest absolute Gasteiger partial charge is 0.361 e. The number of rotatable bonds is 4. The molecule has 0 atom stereocenters. The second kappa shape index (κ2) is 6.82. The number of hydrogen-bond donors (Lipinski definition) is 0. The van der Waals surface area contributed by atoms with E-state index in [0.717, 1.165) is 67.1 Å². The maximum absolute atomic E-state index is 13.2. The molecule has 1 saturated carbocycles. The van der Waals surface area contributed by atoms with Crippen molar-refractivity contribution in [2.45, 2.75) is 38.6 Å². The Kier molecular flexibility index (Phi) is 4.65. The summed E-state index contributed by atoms with van der Waals surface area (Å²) in [5.74, 6) is 1.19. The van der Waals surface area contributed by atoms with Gasteiger partial charge in [0.2, 0.25) is 5.91 Å². The Morgan fingerprint density at radius 2 is 1.96 bits per heavy atom. The smallest absolute Gasteiger partial charge is 0.233 e. The molecule has 0 radical (unpaired) electrons. The molecule has 0 unspecified atom stereocenters. The van der Waals surface area contributed by atoms with Crippen LogP contribution >= 0.6 is 15.9 Å².